The smallest absolute Gasteiger partial charge is 0.406 e. The van der Waals surface area contributed by atoms with Gasteiger partial charge in [0.1, 0.15) is 0 Å². The monoisotopic (exact) mass is 393 g/mol. The number of rotatable bonds is 14. The van der Waals surface area contributed by atoms with Gasteiger partial charge in [-0.1, -0.05) is 70.6 Å². The Morgan fingerprint density at radius 2 is 1.96 bits per heavy atom. The van der Waals surface area contributed by atoms with Gasteiger partial charge in [-0.05, 0) is 31.3 Å². The molecule has 5 heteroatoms. The Morgan fingerprint density at radius 1 is 1.25 bits per heavy atom. The third kappa shape index (κ3) is 9.54. The van der Waals surface area contributed by atoms with Gasteiger partial charge in [-0.3, -0.25) is 4.79 Å². The fraction of sp³-hybridized carbons (Fsp3) is 0.739. The molecule has 0 spiro atoms. The lowest BCUT2D eigenvalue weighted by Gasteiger charge is -2.18. The Kier molecular flexibility index (Phi) is 12.5. The Morgan fingerprint density at radius 3 is 2.68 bits per heavy atom. The van der Waals surface area contributed by atoms with Crippen LogP contribution in [0.5, 0.6) is 0 Å². The van der Waals surface area contributed by atoms with Gasteiger partial charge in [-0.15, -0.1) is 0 Å². The quantitative estimate of drug-likeness (QED) is 0.328. The molecule has 0 fully saturated rings. The summed E-state index contributed by atoms with van der Waals surface area (Å²) in [6.07, 6.45) is 16.0. The van der Waals surface area contributed by atoms with E-state index in [1.165, 1.54) is 0 Å². The highest BCUT2D eigenvalue weighted by atomic mass is 16.5. The molecule has 0 radical (unpaired) electrons. The Bertz CT molecular complexity index is 515. The molecule has 2 N–H and O–H groups in total. The molecule has 0 aliphatic heterocycles. The summed E-state index contributed by atoms with van der Waals surface area (Å²) in [7, 11) is 1.55. The van der Waals surface area contributed by atoms with Crippen molar-refractivity contribution in [3.63, 3.8) is 0 Å². The first-order chi connectivity index (χ1) is 13.5. The van der Waals surface area contributed by atoms with Crippen LogP contribution in [0.15, 0.2) is 24.3 Å². The van der Waals surface area contributed by atoms with Gasteiger partial charge in [-0.2, -0.15) is 0 Å². The van der Waals surface area contributed by atoms with E-state index in [2.05, 4.69) is 19.2 Å². The van der Waals surface area contributed by atoms with Crippen LogP contribution in [0.1, 0.15) is 71.6 Å². The molecule has 0 aromatic rings. The number of hydrogen-bond acceptors (Lipinski definition) is 4. The minimum atomic E-state index is -0.437. The number of allylic oxidation sites excluding steroid dienone is 3. The number of carbonyl (C=O) groups is 2. The summed E-state index contributed by atoms with van der Waals surface area (Å²) in [5, 5.41) is 12.7. The van der Waals surface area contributed by atoms with Gasteiger partial charge in [0.05, 0.1) is 12.7 Å². The van der Waals surface area contributed by atoms with E-state index < -0.39 is 6.10 Å². The third-order valence-electron chi connectivity index (χ3n) is 5.54. The van der Waals surface area contributed by atoms with Crippen molar-refractivity contribution < 1.29 is 19.4 Å². The second-order valence-electron chi connectivity index (χ2n) is 7.88. The van der Waals surface area contributed by atoms with Crippen molar-refractivity contribution in [1.29, 1.82) is 0 Å². The summed E-state index contributed by atoms with van der Waals surface area (Å²) in [6, 6.07) is 0. The molecule has 28 heavy (non-hydrogen) atoms. The molecule has 0 aromatic heterocycles. The molecule has 1 amide bonds. The average molecular weight is 394 g/mol. The van der Waals surface area contributed by atoms with Gasteiger partial charge in [-0.25, -0.2) is 4.79 Å². The Hall–Kier alpha value is -1.62. The van der Waals surface area contributed by atoms with Gasteiger partial charge in [0.2, 0.25) is 0 Å². The second-order valence-corrected chi connectivity index (χ2v) is 7.88. The van der Waals surface area contributed by atoms with Gasteiger partial charge >= 0.3 is 6.09 Å². The zero-order chi connectivity index (χ0) is 20.8. The van der Waals surface area contributed by atoms with Gasteiger partial charge < -0.3 is 15.2 Å². The molecule has 1 aliphatic rings. The summed E-state index contributed by atoms with van der Waals surface area (Å²) in [6.45, 7) is 4.70. The lowest BCUT2D eigenvalue weighted by molar-refractivity contribution is -0.118. The van der Waals surface area contributed by atoms with Crippen LogP contribution < -0.4 is 5.32 Å². The molecular weight excluding hydrogens is 354 g/mol. The van der Waals surface area contributed by atoms with Crippen molar-refractivity contribution in [1.82, 2.24) is 5.32 Å². The molecule has 1 rings (SSSR count). The number of hydrogen-bond donors (Lipinski definition) is 2. The number of unbranched alkanes of at least 4 members (excludes halogenated alkanes) is 5. The van der Waals surface area contributed by atoms with Crippen LogP contribution in [0.4, 0.5) is 4.79 Å². The average Bonchev–Trinajstić information content (AvgIpc) is 3.05. The van der Waals surface area contributed by atoms with Crippen molar-refractivity contribution >= 4 is 11.9 Å². The van der Waals surface area contributed by atoms with Crippen LogP contribution in [-0.4, -0.2) is 36.7 Å². The Balaban J connectivity index is 2.25. The third-order valence-corrected chi connectivity index (χ3v) is 5.54. The number of aliphatic hydroxyl groups excluding tert-OH is 1. The predicted molar refractivity (Wildman–Crippen MR) is 113 cm³/mol. The molecule has 1 unspecified atom stereocenters. The maximum atomic E-state index is 12.2. The van der Waals surface area contributed by atoms with Crippen molar-refractivity contribution in [3.8, 4) is 0 Å². The molecule has 5 nitrogen and oxygen atoms in total. The summed E-state index contributed by atoms with van der Waals surface area (Å²) < 4.78 is 4.96. The molecule has 1 aliphatic carbocycles. The van der Waals surface area contributed by atoms with E-state index in [1.54, 1.807) is 13.1 Å². The van der Waals surface area contributed by atoms with E-state index in [0.717, 1.165) is 57.8 Å². The van der Waals surface area contributed by atoms with E-state index in [4.69, 9.17) is 4.74 Å². The molecule has 0 heterocycles. The van der Waals surface area contributed by atoms with E-state index in [1.807, 2.05) is 18.2 Å². The fourth-order valence-electron chi connectivity index (χ4n) is 3.55. The van der Waals surface area contributed by atoms with Crippen LogP contribution in [0, 0.1) is 17.8 Å². The molecule has 160 valence electrons. The maximum Gasteiger partial charge on any atom is 0.406 e. The molecule has 0 saturated carbocycles. The molecular formula is C23H39NO4. The molecule has 0 aromatic carbocycles. The van der Waals surface area contributed by atoms with Crippen molar-refractivity contribution in [2.45, 2.75) is 77.7 Å². The lowest BCUT2D eigenvalue weighted by Crippen LogP contribution is -2.19. The second kappa shape index (κ2) is 14.4. The highest BCUT2D eigenvalue weighted by Gasteiger charge is 2.27. The van der Waals surface area contributed by atoms with Crippen LogP contribution in [0.25, 0.3) is 0 Å². The van der Waals surface area contributed by atoms with E-state index in [-0.39, 0.29) is 29.6 Å². The normalized spacial score (nSPS) is 21.2. The zero-order valence-corrected chi connectivity index (χ0v) is 17.9. The van der Waals surface area contributed by atoms with E-state index in [0.29, 0.717) is 6.61 Å². The summed E-state index contributed by atoms with van der Waals surface area (Å²) in [4.78, 5) is 23.1. The topological polar surface area (TPSA) is 75.6 Å². The van der Waals surface area contributed by atoms with Gasteiger partial charge in [0.25, 0.3) is 0 Å². The van der Waals surface area contributed by atoms with Crippen LogP contribution >= 0.6 is 0 Å². The minimum Gasteiger partial charge on any atom is -0.450 e. The summed E-state index contributed by atoms with van der Waals surface area (Å²) in [5.74, 6) is 0.595. The number of nitrogens with one attached hydrogen (secondary N) is 1. The number of ether oxygens (including phenoxy) is 1. The van der Waals surface area contributed by atoms with E-state index in [9.17, 15) is 14.7 Å². The lowest BCUT2D eigenvalue weighted by atomic mass is 9.88. The number of carbonyl (C=O) groups excluding carboxylic acids is 2. The largest absolute Gasteiger partial charge is 0.450 e. The van der Waals surface area contributed by atoms with Crippen LogP contribution in [0.3, 0.4) is 0 Å². The van der Waals surface area contributed by atoms with Crippen molar-refractivity contribution in [2.75, 3.05) is 13.7 Å². The summed E-state index contributed by atoms with van der Waals surface area (Å²) >= 11 is 0. The van der Waals surface area contributed by atoms with Crippen molar-refractivity contribution in [2.24, 2.45) is 17.8 Å². The molecule has 0 bridgehead atoms. The van der Waals surface area contributed by atoms with Crippen molar-refractivity contribution in [3.05, 3.63) is 24.3 Å². The molecule has 0 saturated heterocycles. The highest BCUT2D eigenvalue weighted by molar-refractivity contribution is 5.94. The van der Waals surface area contributed by atoms with E-state index >= 15 is 0 Å². The first-order valence-electron chi connectivity index (χ1n) is 10.9. The fourth-order valence-corrected chi connectivity index (χ4v) is 3.55. The summed E-state index contributed by atoms with van der Waals surface area (Å²) in [5.41, 5.74) is 0. The number of amides is 1. The Labute approximate surface area is 170 Å². The maximum absolute atomic E-state index is 12.2. The first-order valence-corrected chi connectivity index (χ1v) is 10.9. The molecule has 4 atom stereocenters. The number of alkyl carbamates (subject to hydrolysis) is 1. The zero-order valence-electron chi connectivity index (χ0n) is 17.9. The first kappa shape index (κ1) is 24.4. The minimum absolute atomic E-state index is 0.0194. The number of aliphatic hydroxyl groups is 1. The van der Waals surface area contributed by atoms with Gasteiger partial charge in [0, 0.05) is 18.9 Å². The van der Waals surface area contributed by atoms with Crippen LogP contribution in [-0.2, 0) is 9.53 Å². The highest BCUT2D eigenvalue weighted by Crippen LogP contribution is 2.29. The number of ketones is 1. The SMILES string of the molecule is CCCCC(C)[C@H](O)C=C[C@H]1C=CC(=O)[C@@H]1CCCCCCCOC(=O)NC. The standard InChI is InChI=1S/C23H39NO4/c1-4-5-11-18(2)21(25)15-13-19-14-16-22(26)20(19)12-9-7-6-8-10-17-28-23(27)24-3/h13-16,18-21,25H,4-12,17H2,1-3H3,(H,24,27)/t18?,19-,20+,21+/m0/s1. The van der Waals surface area contributed by atoms with Gasteiger partial charge in [0.15, 0.2) is 5.78 Å². The van der Waals surface area contributed by atoms with Crippen LogP contribution in [0.2, 0.25) is 0 Å². The predicted octanol–water partition coefficient (Wildman–Crippen LogP) is 4.80.